The van der Waals surface area contributed by atoms with E-state index in [9.17, 15) is 9.90 Å². The van der Waals surface area contributed by atoms with Gasteiger partial charge in [0, 0.05) is 18.7 Å². The molecular formula is C13H15NO4. The predicted molar refractivity (Wildman–Crippen MR) is 66.7 cm³/mol. The number of methoxy groups -OCH3 is 2. The number of hydrogen-bond acceptors (Lipinski definition) is 4. The molecule has 1 N–H and O–H groups in total. The molecule has 0 atom stereocenters. The van der Waals surface area contributed by atoms with E-state index in [0.717, 1.165) is 0 Å². The van der Waals surface area contributed by atoms with Crippen LogP contribution in [0.2, 0.25) is 0 Å². The minimum absolute atomic E-state index is 0.0611. The van der Waals surface area contributed by atoms with Crippen LogP contribution in [-0.4, -0.2) is 43.7 Å². The van der Waals surface area contributed by atoms with E-state index in [1.54, 1.807) is 32.4 Å². The molecule has 5 nitrogen and oxygen atoms in total. The predicted octanol–water partition coefficient (Wildman–Crippen LogP) is 1.44. The van der Waals surface area contributed by atoms with Crippen LogP contribution >= 0.6 is 0 Å². The summed E-state index contributed by atoms with van der Waals surface area (Å²) in [6.07, 6.45) is 0. The molecule has 5 heteroatoms. The summed E-state index contributed by atoms with van der Waals surface area (Å²) in [4.78, 5) is 13.4. The third-order valence-electron chi connectivity index (χ3n) is 2.91. The second-order valence-corrected chi connectivity index (χ2v) is 4.05. The molecule has 0 spiro atoms. The lowest BCUT2D eigenvalue weighted by molar-refractivity contribution is -0.122. The lowest BCUT2D eigenvalue weighted by Crippen LogP contribution is -2.21. The van der Waals surface area contributed by atoms with E-state index in [1.165, 1.54) is 12.0 Å². The standard InChI is InChI=1S/C13H15NO4/c1-14-7-10(15)12(13(14)16)9-5-4-8(17-2)6-11(9)18-3/h4-6,15H,7H2,1-3H3. The maximum Gasteiger partial charge on any atom is 0.258 e. The van der Waals surface area contributed by atoms with Gasteiger partial charge < -0.3 is 19.5 Å². The summed E-state index contributed by atoms with van der Waals surface area (Å²) in [5.74, 6) is 0.982. The fraction of sp³-hybridized carbons (Fsp3) is 0.308. The first kappa shape index (κ1) is 12.3. The number of ether oxygens (including phenoxy) is 2. The second-order valence-electron chi connectivity index (χ2n) is 4.05. The third kappa shape index (κ3) is 1.88. The van der Waals surface area contributed by atoms with Crippen molar-refractivity contribution >= 4 is 11.5 Å². The van der Waals surface area contributed by atoms with Crippen LogP contribution in [0.25, 0.3) is 5.57 Å². The Morgan fingerprint density at radius 3 is 2.50 bits per heavy atom. The lowest BCUT2D eigenvalue weighted by Gasteiger charge is -2.12. The fourth-order valence-electron chi connectivity index (χ4n) is 1.97. The van der Waals surface area contributed by atoms with Crippen molar-refractivity contribution in [2.45, 2.75) is 0 Å². The monoisotopic (exact) mass is 249 g/mol. The van der Waals surface area contributed by atoms with Crippen molar-refractivity contribution in [3.05, 3.63) is 29.5 Å². The molecule has 0 aromatic heterocycles. The molecule has 2 rings (SSSR count). The van der Waals surface area contributed by atoms with Crippen molar-refractivity contribution in [1.29, 1.82) is 0 Å². The van der Waals surface area contributed by atoms with Gasteiger partial charge in [-0.15, -0.1) is 0 Å². The summed E-state index contributed by atoms with van der Waals surface area (Å²) in [5, 5.41) is 9.86. The van der Waals surface area contributed by atoms with Gasteiger partial charge in [0.2, 0.25) is 0 Å². The van der Waals surface area contributed by atoms with E-state index in [0.29, 0.717) is 17.1 Å². The third-order valence-corrected chi connectivity index (χ3v) is 2.91. The number of hydrogen-bond donors (Lipinski definition) is 1. The van der Waals surface area contributed by atoms with Crippen molar-refractivity contribution in [3.63, 3.8) is 0 Å². The summed E-state index contributed by atoms with van der Waals surface area (Å²) in [5.41, 5.74) is 0.863. The van der Waals surface area contributed by atoms with Gasteiger partial charge in [-0.05, 0) is 12.1 Å². The highest BCUT2D eigenvalue weighted by molar-refractivity contribution is 6.22. The highest BCUT2D eigenvalue weighted by Gasteiger charge is 2.30. The molecule has 0 saturated heterocycles. The molecule has 0 saturated carbocycles. The quantitative estimate of drug-likeness (QED) is 0.880. The van der Waals surface area contributed by atoms with Crippen LogP contribution in [0.15, 0.2) is 24.0 Å². The number of likely N-dealkylation sites (N-methyl/N-ethyl adjacent to an activating group) is 1. The van der Waals surface area contributed by atoms with E-state index in [-0.39, 0.29) is 23.8 Å². The van der Waals surface area contributed by atoms with Crippen LogP contribution in [-0.2, 0) is 4.79 Å². The SMILES string of the molecule is COc1ccc(C2=C(O)CN(C)C2=O)c(OC)c1. The molecule has 0 fully saturated rings. The van der Waals surface area contributed by atoms with Gasteiger partial charge in [-0.2, -0.15) is 0 Å². The number of carbonyl (C=O) groups excluding carboxylic acids is 1. The summed E-state index contributed by atoms with van der Waals surface area (Å²) in [6.45, 7) is 0.226. The molecule has 18 heavy (non-hydrogen) atoms. The van der Waals surface area contributed by atoms with Crippen LogP contribution in [0.3, 0.4) is 0 Å². The molecule has 96 valence electrons. The maximum atomic E-state index is 12.0. The van der Waals surface area contributed by atoms with Crippen LogP contribution in [0.5, 0.6) is 11.5 Å². The number of amides is 1. The number of benzene rings is 1. The summed E-state index contributed by atoms with van der Waals surface area (Å²) in [7, 11) is 4.71. The zero-order chi connectivity index (χ0) is 13.3. The van der Waals surface area contributed by atoms with E-state index in [2.05, 4.69) is 0 Å². The van der Waals surface area contributed by atoms with Crippen LogP contribution in [0.1, 0.15) is 5.56 Å². The van der Waals surface area contributed by atoms with Gasteiger partial charge in [-0.25, -0.2) is 0 Å². The molecule has 0 bridgehead atoms. The van der Waals surface area contributed by atoms with Gasteiger partial charge in [0.25, 0.3) is 5.91 Å². The van der Waals surface area contributed by atoms with E-state index >= 15 is 0 Å². The average Bonchev–Trinajstić information content (AvgIpc) is 2.62. The molecule has 1 heterocycles. The maximum absolute atomic E-state index is 12.0. The first-order chi connectivity index (χ1) is 8.58. The van der Waals surface area contributed by atoms with Crippen molar-refractivity contribution in [3.8, 4) is 11.5 Å². The average molecular weight is 249 g/mol. The molecule has 1 aliphatic heterocycles. The molecule has 0 aliphatic carbocycles. The summed E-state index contributed by atoms with van der Waals surface area (Å²) >= 11 is 0. The van der Waals surface area contributed by atoms with E-state index < -0.39 is 0 Å². The van der Waals surface area contributed by atoms with Gasteiger partial charge in [-0.3, -0.25) is 4.79 Å². The highest BCUT2D eigenvalue weighted by atomic mass is 16.5. The van der Waals surface area contributed by atoms with Crippen LogP contribution in [0, 0.1) is 0 Å². The minimum Gasteiger partial charge on any atom is -0.510 e. The zero-order valence-corrected chi connectivity index (χ0v) is 10.6. The van der Waals surface area contributed by atoms with Crippen molar-refractivity contribution in [2.24, 2.45) is 0 Å². The van der Waals surface area contributed by atoms with Crippen molar-refractivity contribution < 1.29 is 19.4 Å². The molecule has 1 amide bonds. The molecular weight excluding hydrogens is 234 g/mol. The summed E-state index contributed by atoms with van der Waals surface area (Å²) in [6, 6.07) is 5.12. The molecule has 1 aromatic rings. The largest absolute Gasteiger partial charge is 0.510 e. The molecule has 0 unspecified atom stereocenters. The normalized spacial score (nSPS) is 15.3. The number of carbonyl (C=O) groups is 1. The van der Waals surface area contributed by atoms with Gasteiger partial charge in [0.15, 0.2) is 0 Å². The Morgan fingerprint density at radius 1 is 1.28 bits per heavy atom. The van der Waals surface area contributed by atoms with Crippen molar-refractivity contribution in [1.82, 2.24) is 4.90 Å². The molecule has 1 aromatic carbocycles. The number of aliphatic hydroxyl groups excluding tert-OH is 1. The van der Waals surface area contributed by atoms with Crippen molar-refractivity contribution in [2.75, 3.05) is 27.8 Å². The Kier molecular flexibility index (Phi) is 3.14. The topological polar surface area (TPSA) is 59.0 Å². The smallest absolute Gasteiger partial charge is 0.258 e. The number of aliphatic hydroxyl groups is 1. The zero-order valence-electron chi connectivity index (χ0n) is 10.6. The van der Waals surface area contributed by atoms with Gasteiger partial charge in [0.1, 0.15) is 17.3 Å². The highest BCUT2D eigenvalue weighted by Crippen LogP contribution is 2.34. The van der Waals surface area contributed by atoms with E-state index in [1.807, 2.05) is 0 Å². The summed E-state index contributed by atoms with van der Waals surface area (Å²) < 4.78 is 10.3. The van der Waals surface area contributed by atoms with Gasteiger partial charge in [-0.1, -0.05) is 0 Å². The van der Waals surface area contributed by atoms with E-state index in [4.69, 9.17) is 9.47 Å². The Hall–Kier alpha value is -2.17. The Bertz CT molecular complexity index is 522. The fourth-order valence-corrected chi connectivity index (χ4v) is 1.97. The van der Waals surface area contributed by atoms with Gasteiger partial charge in [0.05, 0.1) is 26.3 Å². The van der Waals surface area contributed by atoms with Gasteiger partial charge >= 0.3 is 0 Å². The minimum atomic E-state index is -0.212. The second kappa shape index (κ2) is 4.60. The lowest BCUT2D eigenvalue weighted by atomic mass is 10.0. The Labute approximate surface area is 105 Å². The Balaban J connectivity index is 2.52. The number of rotatable bonds is 3. The number of nitrogens with zero attached hydrogens (tertiary/aromatic N) is 1. The Morgan fingerprint density at radius 2 is 2.00 bits per heavy atom. The first-order valence-electron chi connectivity index (χ1n) is 5.48. The van der Waals surface area contributed by atoms with Crippen LogP contribution < -0.4 is 9.47 Å². The van der Waals surface area contributed by atoms with Crippen LogP contribution in [0.4, 0.5) is 0 Å². The molecule has 0 radical (unpaired) electrons. The first-order valence-corrected chi connectivity index (χ1v) is 5.48. The molecule has 1 aliphatic rings.